The molecule has 6 rings (SSSR count). The Kier molecular flexibility index (Phi) is 8.85. The molecular formula is C37H38BrNO4. The lowest BCUT2D eigenvalue weighted by Crippen LogP contribution is -2.40. The standard InChI is InChI=1S/C37H38BrNO4/c1-3-42-33-22-27(21-28(38)37(33)43-23-26-13-7-10-24(2)20-26)34-35-29(14-8-16-31(35)40)39(19-18-25-11-5-4-6-12-25)30-15-9-17-32(41)36(30)34/h4-7,10-13,20-22,34H,3,8-9,14-19,23H2,1-2H3. The molecule has 2 aliphatic carbocycles. The quantitative estimate of drug-likeness (QED) is 0.235. The molecule has 6 heteroatoms. The summed E-state index contributed by atoms with van der Waals surface area (Å²) in [5, 5.41) is 0. The molecule has 0 fully saturated rings. The van der Waals surface area contributed by atoms with Gasteiger partial charge in [-0.05, 0) is 90.7 Å². The summed E-state index contributed by atoms with van der Waals surface area (Å²) >= 11 is 3.77. The number of rotatable bonds is 9. The van der Waals surface area contributed by atoms with Crippen molar-refractivity contribution in [1.82, 2.24) is 4.90 Å². The van der Waals surface area contributed by atoms with E-state index >= 15 is 0 Å². The van der Waals surface area contributed by atoms with Gasteiger partial charge < -0.3 is 14.4 Å². The molecule has 0 unspecified atom stereocenters. The van der Waals surface area contributed by atoms with Gasteiger partial charge in [0.2, 0.25) is 0 Å². The van der Waals surface area contributed by atoms with E-state index in [4.69, 9.17) is 9.47 Å². The number of benzene rings is 3. The van der Waals surface area contributed by atoms with Crippen LogP contribution in [-0.2, 0) is 22.6 Å². The number of carbonyl (C=O) groups excluding carboxylic acids is 2. The van der Waals surface area contributed by atoms with Gasteiger partial charge in [-0.2, -0.15) is 0 Å². The Hall–Kier alpha value is -3.64. The first-order valence-corrected chi connectivity index (χ1v) is 16.2. The van der Waals surface area contributed by atoms with Gasteiger partial charge in [-0.1, -0.05) is 60.2 Å². The van der Waals surface area contributed by atoms with Crippen LogP contribution in [0.3, 0.4) is 0 Å². The summed E-state index contributed by atoms with van der Waals surface area (Å²) in [6.07, 6.45) is 5.23. The smallest absolute Gasteiger partial charge is 0.175 e. The minimum Gasteiger partial charge on any atom is -0.490 e. The Labute approximate surface area is 262 Å². The van der Waals surface area contributed by atoms with Crippen LogP contribution in [0.4, 0.5) is 0 Å². The summed E-state index contributed by atoms with van der Waals surface area (Å²) in [6, 6.07) is 22.7. The normalized spacial score (nSPS) is 17.2. The van der Waals surface area contributed by atoms with Gasteiger partial charge in [-0.25, -0.2) is 0 Å². The Morgan fingerprint density at radius 1 is 0.814 bits per heavy atom. The minimum absolute atomic E-state index is 0.148. The monoisotopic (exact) mass is 639 g/mol. The first-order chi connectivity index (χ1) is 20.9. The van der Waals surface area contributed by atoms with Crippen molar-refractivity contribution in [1.29, 1.82) is 0 Å². The number of ether oxygens (including phenoxy) is 2. The van der Waals surface area contributed by atoms with E-state index in [0.29, 0.717) is 37.6 Å². The molecule has 0 saturated carbocycles. The summed E-state index contributed by atoms with van der Waals surface area (Å²) < 4.78 is 13.2. The van der Waals surface area contributed by atoms with Gasteiger partial charge in [-0.3, -0.25) is 9.59 Å². The predicted octanol–water partition coefficient (Wildman–Crippen LogP) is 8.39. The molecule has 0 amide bonds. The highest BCUT2D eigenvalue weighted by Gasteiger charge is 2.43. The molecule has 0 saturated heterocycles. The Morgan fingerprint density at radius 3 is 2.14 bits per heavy atom. The number of allylic oxidation sites excluding steroid dienone is 4. The van der Waals surface area contributed by atoms with E-state index in [1.807, 2.05) is 37.3 Å². The fourth-order valence-corrected chi connectivity index (χ4v) is 7.39. The van der Waals surface area contributed by atoms with Gasteiger partial charge in [0.05, 0.1) is 11.1 Å². The number of hydrogen-bond donors (Lipinski definition) is 0. The maximum atomic E-state index is 13.8. The highest BCUT2D eigenvalue weighted by molar-refractivity contribution is 9.10. The van der Waals surface area contributed by atoms with Crippen molar-refractivity contribution in [2.24, 2.45) is 0 Å². The molecule has 1 heterocycles. The molecule has 0 bridgehead atoms. The number of carbonyl (C=O) groups is 2. The van der Waals surface area contributed by atoms with Crippen LogP contribution in [0.25, 0.3) is 0 Å². The molecule has 0 N–H and O–H groups in total. The van der Waals surface area contributed by atoms with Crippen molar-refractivity contribution in [3.8, 4) is 11.5 Å². The number of nitrogens with zero attached hydrogens (tertiary/aromatic N) is 1. The topological polar surface area (TPSA) is 55.8 Å². The number of hydrogen-bond acceptors (Lipinski definition) is 5. The molecule has 3 aromatic carbocycles. The van der Waals surface area contributed by atoms with Crippen molar-refractivity contribution >= 4 is 27.5 Å². The molecule has 0 aromatic heterocycles. The summed E-state index contributed by atoms with van der Waals surface area (Å²) in [6.45, 7) is 5.65. The SMILES string of the molecule is CCOc1cc(C2C3=C(CCCC3=O)N(CCc3ccccc3)C3=C2C(=O)CCC3)cc(Br)c1OCc1cccc(C)c1. The molecular weight excluding hydrogens is 602 g/mol. The number of halogens is 1. The number of aryl methyl sites for hydroxylation is 1. The van der Waals surface area contributed by atoms with E-state index < -0.39 is 5.92 Å². The van der Waals surface area contributed by atoms with Crippen molar-refractivity contribution in [2.75, 3.05) is 13.2 Å². The second-order valence-corrected chi connectivity index (χ2v) is 12.5. The molecule has 0 radical (unpaired) electrons. The Bertz CT molecular complexity index is 1560. The third-order valence-electron chi connectivity index (χ3n) is 8.68. The van der Waals surface area contributed by atoms with Crippen LogP contribution >= 0.6 is 15.9 Å². The third kappa shape index (κ3) is 6.08. The first kappa shape index (κ1) is 29.4. The van der Waals surface area contributed by atoms with Gasteiger partial charge in [0, 0.05) is 47.8 Å². The van der Waals surface area contributed by atoms with E-state index in [9.17, 15) is 9.59 Å². The highest BCUT2D eigenvalue weighted by atomic mass is 79.9. The van der Waals surface area contributed by atoms with Crippen LogP contribution in [0.2, 0.25) is 0 Å². The molecule has 43 heavy (non-hydrogen) atoms. The summed E-state index contributed by atoms with van der Waals surface area (Å²) in [5.74, 6) is 1.13. The van der Waals surface area contributed by atoms with Gasteiger partial charge in [0.15, 0.2) is 23.1 Å². The Morgan fingerprint density at radius 2 is 1.49 bits per heavy atom. The zero-order valence-corrected chi connectivity index (χ0v) is 26.5. The van der Waals surface area contributed by atoms with Crippen LogP contribution < -0.4 is 9.47 Å². The second kappa shape index (κ2) is 12.9. The lowest BCUT2D eigenvalue weighted by molar-refractivity contribution is -0.117. The lowest BCUT2D eigenvalue weighted by Gasteiger charge is -2.44. The molecule has 5 nitrogen and oxygen atoms in total. The first-order valence-electron chi connectivity index (χ1n) is 15.4. The summed E-state index contributed by atoms with van der Waals surface area (Å²) in [7, 11) is 0. The van der Waals surface area contributed by atoms with Crippen molar-refractivity contribution < 1.29 is 19.1 Å². The van der Waals surface area contributed by atoms with Gasteiger partial charge in [0.1, 0.15) is 6.61 Å². The van der Waals surface area contributed by atoms with Gasteiger partial charge >= 0.3 is 0 Å². The Balaban J connectivity index is 1.42. The van der Waals surface area contributed by atoms with E-state index in [2.05, 4.69) is 64.2 Å². The molecule has 222 valence electrons. The molecule has 0 spiro atoms. The average Bonchev–Trinajstić information content (AvgIpc) is 3.00. The summed E-state index contributed by atoms with van der Waals surface area (Å²) in [5.41, 5.74) is 8.17. The van der Waals surface area contributed by atoms with Crippen molar-refractivity contribution in [3.05, 3.63) is 116 Å². The van der Waals surface area contributed by atoms with Crippen LogP contribution in [0, 0.1) is 6.92 Å². The van der Waals surface area contributed by atoms with Crippen LogP contribution in [0.15, 0.2) is 93.7 Å². The second-order valence-electron chi connectivity index (χ2n) is 11.6. The minimum atomic E-state index is -0.403. The predicted molar refractivity (Wildman–Crippen MR) is 172 cm³/mol. The average molecular weight is 641 g/mol. The fraction of sp³-hybridized carbons (Fsp3) is 0.351. The largest absolute Gasteiger partial charge is 0.490 e. The number of ketones is 2. The third-order valence-corrected chi connectivity index (χ3v) is 9.27. The zero-order valence-electron chi connectivity index (χ0n) is 25.0. The molecule has 0 atom stereocenters. The number of Topliss-reactive ketones (excluding diaryl/α,β-unsaturated/α-hetero) is 2. The lowest BCUT2D eigenvalue weighted by atomic mass is 9.71. The van der Waals surface area contributed by atoms with E-state index in [0.717, 1.165) is 76.8 Å². The van der Waals surface area contributed by atoms with Gasteiger partial charge in [-0.15, -0.1) is 0 Å². The molecule has 3 aliphatic rings. The van der Waals surface area contributed by atoms with Crippen LogP contribution in [0.5, 0.6) is 11.5 Å². The summed E-state index contributed by atoms with van der Waals surface area (Å²) in [4.78, 5) is 29.9. The maximum Gasteiger partial charge on any atom is 0.175 e. The fourth-order valence-electron chi connectivity index (χ4n) is 6.82. The highest BCUT2D eigenvalue weighted by Crippen LogP contribution is 2.51. The zero-order chi connectivity index (χ0) is 29.9. The molecule has 3 aromatic rings. The van der Waals surface area contributed by atoms with Crippen molar-refractivity contribution in [2.45, 2.75) is 71.3 Å². The molecule has 1 aliphatic heterocycles. The van der Waals surface area contributed by atoms with E-state index in [1.165, 1.54) is 11.1 Å². The van der Waals surface area contributed by atoms with Crippen LogP contribution in [-0.4, -0.2) is 29.6 Å². The van der Waals surface area contributed by atoms with Crippen molar-refractivity contribution in [3.63, 3.8) is 0 Å². The van der Waals surface area contributed by atoms with Gasteiger partial charge in [0.25, 0.3) is 0 Å². The maximum absolute atomic E-state index is 13.8. The van der Waals surface area contributed by atoms with E-state index in [1.54, 1.807) is 0 Å². The van der Waals surface area contributed by atoms with Crippen LogP contribution in [0.1, 0.15) is 73.6 Å². The van der Waals surface area contributed by atoms with E-state index in [-0.39, 0.29) is 11.6 Å².